The van der Waals surface area contributed by atoms with Crippen LogP contribution in [0.2, 0.25) is 0 Å². The molecule has 12 heavy (non-hydrogen) atoms. The highest BCUT2D eigenvalue weighted by Gasteiger charge is 2.23. The van der Waals surface area contributed by atoms with Crippen LogP contribution < -0.4 is 5.73 Å². The number of carboxylic acids is 1. The van der Waals surface area contributed by atoms with Crippen molar-refractivity contribution in [3.63, 3.8) is 0 Å². The minimum absolute atomic E-state index is 0.125. The van der Waals surface area contributed by atoms with E-state index in [9.17, 15) is 4.79 Å². The number of piperidine rings is 1. The molecule has 3 N–H and O–H groups in total. The monoisotopic (exact) mass is 172 g/mol. The first-order valence-corrected chi connectivity index (χ1v) is 4.29. The van der Waals surface area contributed by atoms with Crippen LogP contribution in [0.25, 0.3) is 0 Å². The van der Waals surface area contributed by atoms with Gasteiger partial charge in [-0.25, -0.2) is 0 Å². The smallest absolute Gasteiger partial charge is 0.317 e. The SMILES string of the molecule is CC1CCN(CC(=O)O)CC1N. The molecular formula is C8H16N2O2. The summed E-state index contributed by atoms with van der Waals surface area (Å²) < 4.78 is 0. The van der Waals surface area contributed by atoms with Crippen LogP contribution >= 0.6 is 0 Å². The highest BCUT2D eigenvalue weighted by molar-refractivity contribution is 5.69. The van der Waals surface area contributed by atoms with Crippen molar-refractivity contribution < 1.29 is 9.90 Å². The number of nitrogens with zero attached hydrogens (tertiary/aromatic N) is 1. The van der Waals surface area contributed by atoms with E-state index in [1.54, 1.807) is 0 Å². The van der Waals surface area contributed by atoms with Crippen molar-refractivity contribution in [3.8, 4) is 0 Å². The van der Waals surface area contributed by atoms with Gasteiger partial charge in [-0.2, -0.15) is 0 Å². The number of rotatable bonds is 2. The molecule has 1 aliphatic heterocycles. The van der Waals surface area contributed by atoms with Crippen molar-refractivity contribution in [3.05, 3.63) is 0 Å². The normalized spacial score (nSPS) is 31.8. The number of likely N-dealkylation sites (tertiary alicyclic amines) is 1. The van der Waals surface area contributed by atoms with Crippen LogP contribution in [0.1, 0.15) is 13.3 Å². The second kappa shape index (κ2) is 3.87. The van der Waals surface area contributed by atoms with Crippen LogP contribution in [0, 0.1) is 5.92 Å². The topological polar surface area (TPSA) is 66.6 Å². The van der Waals surface area contributed by atoms with E-state index in [1.165, 1.54) is 0 Å². The molecule has 2 unspecified atom stereocenters. The first kappa shape index (κ1) is 9.48. The lowest BCUT2D eigenvalue weighted by Gasteiger charge is -2.33. The number of aliphatic carboxylic acids is 1. The number of nitrogens with two attached hydrogens (primary N) is 1. The maximum absolute atomic E-state index is 10.4. The minimum atomic E-state index is -0.767. The molecule has 1 saturated heterocycles. The Morgan fingerprint density at radius 2 is 2.42 bits per heavy atom. The van der Waals surface area contributed by atoms with E-state index in [2.05, 4.69) is 6.92 Å². The number of hydrogen-bond acceptors (Lipinski definition) is 3. The molecular weight excluding hydrogens is 156 g/mol. The predicted molar refractivity (Wildman–Crippen MR) is 45.8 cm³/mol. The van der Waals surface area contributed by atoms with Crippen molar-refractivity contribution in [2.45, 2.75) is 19.4 Å². The third-order valence-electron chi connectivity index (χ3n) is 2.46. The Morgan fingerprint density at radius 3 is 2.92 bits per heavy atom. The van der Waals surface area contributed by atoms with Gasteiger partial charge < -0.3 is 10.8 Å². The molecule has 0 saturated carbocycles. The summed E-state index contributed by atoms with van der Waals surface area (Å²) in [7, 11) is 0. The summed E-state index contributed by atoms with van der Waals surface area (Å²) in [6, 6.07) is 0.137. The fraction of sp³-hybridized carbons (Fsp3) is 0.875. The van der Waals surface area contributed by atoms with Crippen molar-refractivity contribution in [2.24, 2.45) is 11.7 Å². The van der Waals surface area contributed by atoms with Crippen molar-refractivity contribution in [2.75, 3.05) is 19.6 Å². The van der Waals surface area contributed by atoms with Crippen LogP contribution in [0.5, 0.6) is 0 Å². The Balaban J connectivity index is 2.35. The van der Waals surface area contributed by atoms with Gasteiger partial charge in [0.05, 0.1) is 6.54 Å². The van der Waals surface area contributed by atoms with Crippen molar-refractivity contribution in [1.82, 2.24) is 4.90 Å². The number of carbonyl (C=O) groups is 1. The molecule has 0 spiro atoms. The average Bonchev–Trinajstić information content (AvgIpc) is 1.96. The first-order valence-electron chi connectivity index (χ1n) is 4.29. The maximum atomic E-state index is 10.4. The Kier molecular flexibility index (Phi) is 3.05. The standard InChI is InChI=1S/C8H16N2O2/c1-6-2-3-10(4-7(6)9)5-8(11)12/h6-7H,2-5,9H2,1H3,(H,11,12). The van der Waals surface area contributed by atoms with Crippen LogP contribution in [-0.4, -0.2) is 41.7 Å². The highest BCUT2D eigenvalue weighted by Crippen LogP contribution is 2.14. The van der Waals surface area contributed by atoms with Gasteiger partial charge in [-0.05, 0) is 18.9 Å². The van der Waals surface area contributed by atoms with E-state index in [0.717, 1.165) is 13.0 Å². The molecule has 2 atom stereocenters. The molecule has 0 aromatic heterocycles. The Hall–Kier alpha value is -0.610. The molecule has 4 heteroatoms. The molecule has 0 amide bonds. The van der Waals surface area contributed by atoms with Crippen LogP contribution in [0.15, 0.2) is 0 Å². The lowest BCUT2D eigenvalue weighted by atomic mass is 9.94. The molecule has 0 radical (unpaired) electrons. The van der Waals surface area contributed by atoms with Crippen molar-refractivity contribution in [1.29, 1.82) is 0 Å². The second-order valence-electron chi connectivity index (χ2n) is 3.56. The van der Waals surface area contributed by atoms with Gasteiger partial charge in [0.1, 0.15) is 0 Å². The summed E-state index contributed by atoms with van der Waals surface area (Å²) in [6.45, 7) is 3.82. The summed E-state index contributed by atoms with van der Waals surface area (Å²) in [4.78, 5) is 12.3. The quantitative estimate of drug-likeness (QED) is 0.602. The van der Waals surface area contributed by atoms with Gasteiger partial charge in [0.15, 0.2) is 0 Å². The molecule has 0 bridgehead atoms. The molecule has 0 aromatic rings. The van der Waals surface area contributed by atoms with Crippen LogP contribution in [0.4, 0.5) is 0 Å². The van der Waals surface area contributed by atoms with E-state index < -0.39 is 5.97 Å². The van der Waals surface area contributed by atoms with Gasteiger partial charge >= 0.3 is 5.97 Å². The molecule has 70 valence electrons. The number of carboxylic acid groups (broad SMARTS) is 1. The summed E-state index contributed by atoms with van der Waals surface area (Å²) in [5, 5.41) is 8.54. The van der Waals surface area contributed by atoms with Gasteiger partial charge in [0.25, 0.3) is 0 Å². The van der Waals surface area contributed by atoms with Gasteiger partial charge in [-0.15, -0.1) is 0 Å². The Bertz CT molecular complexity index is 172. The molecule has 0 aromatic carbocycles. The zero-order chi connectivity index (χ0) is 9.14. The largest absolute Gasteiger partial charge is 0.480 e. The fourth-order valence-corrected chi connectivity index (χ4v) is 1.50. The molecule has 0 aliphatic carbocycles. The Morgan fingerprint density at radius 1 is 1.75 bits per heavy atom. The van der Waals surface area contributed by atoms with E-state index >= 15 is 0 Å². The molecule has 4 nitrogen and oxygen atoms in total. The average molecular weight is 172 g/mol. The van der Waals surface area contributed by atoms with Gasteiger partial charge in [-0.3, -0.25) is 9.69 Å². The Labute approximate surface area is 72.3 Å². The van der Waals surface area contributed by atoms with Crippen LogP contribution in [-0.2, 0) is 4.79 Å². The van der Waals surface area contributed by atoms with E-state index in [0.29, 0.717) is 12.5 Å². The molecule has 1 heterocycles. The molecule has 1 fully saturated rings. The summed E-state index contributed by atoms with van der Waals surface area (Å²) >= 11 is 0. The highest BCUT2D eigenvalue weighted by atomic mass is 16.4. The summed E-state index contributed by atoms with van der Waals surface area (Å²) in [5.74, 6) is -0.244. The zero-order valence-corrected chi connectivity index (χ0v) is 7.36. The fourth-order valence-electron chi connectivity index (χ4n) is 1.50. The van der Waals surface area contributed by atoms with E-state index in [4.69, 9.17) is 10.8 Å². The predicted octanol–water partition coefficient (Wildman–Crippen LogP) is -0.260. The van der Waals surface area contributed by atoms with Gasteiger partial charge in [0, 0.05) is 12.6 Å². The lowest BCUT2D eigenvalue weighted by Crippen LogP contribution is -2.48. The van der Waals surface area contributed by atoms with E-state index in [1.807, 2.05) is 4.90 Å². The first-order chi connectivity index (χ1) is 5.59. The molecule has 1 aliphatic rings. The van der Waals surface area contributed by atoms with Crippen molar-refractivity contribution >= 4 is 5.97 Å². The van der Waals surface area contributed by atoms with Crippen LogP contribution in [0.3, 0.4) is 0 Å². The third kappa shape index (κ3) is 2.46. The summed E-state index contributed by atoms with van der Waals surface area (Å²) in [5.41, 5.74) is 5.81. The zero-order valence-electron chi connectivity index (χ0n) is 7.36. The summed E-state index contributed by atoms with van der Waals surface area (Å²) in [6.07, 6.45) is 1.01. The molecule has 1 rings (SSSR count). The third-order valence-corrected chi connectivity index (χ3v) is 2.46. The van der Waals surface area contributed by atoms with Gasteiger partial charge in [0.2, 0.25) is 0 Å². The maximum Gasteiger partial charge on any atom is 0.317 e. The number of hydrogen-bond donors (Lipinski definition) is 2. The second-order valence-corrected chi connectivity index (χ2v) is 3.56. The minimum Gasteiger partial charge on any atom is -0.480 e. The lowest BCUT2D eigenvalue weighted by molar-refractivity contribution is -0.138. The van der Waals surface area contributed by atoms with E-state index in [-0.39, 0.29) is 12.6 Å². The van der Waals surface area contributed by atoms with Gasteiger partial charge in [-0.1, -0.05) is 6.92 Å².